The number of amides is 4. The average molecular weight is 255 g/mol. The number of carboxylic acid groups (broad SMARTS) is 1. The van der Waals surface area contributed by atoms with Crippen molar-refractivity contribution in [3.63, 3.8) is 0 Å². The Morgan fingerprint density at radius 3 is 2.83 bits per heavy atom. The maximum Gasteiger partial charge on any atom is 0.405 e. The Balaban J connectivity index is 2.70. The lowest BCUT2D eigenvalue weighted by Gasteiger charge is -2.22. The second kappa shape index (κ2) is 6.63. The van der Waals surface area contributed by atoms with Gasteiger partial charge in [0.25, 0.3) is 5.91 Å². The van der Waals surface area contributed by atoms with Gasteiger partial charge in [0.15, 0.2) is 0 Å². The zero-order valence-electron chi connectivity index (χ0n) is 10.0. The van der Waals surface area contributed by atoms with Gasteiger partial charge >= 0.3 is 12.1 Å². The molecule has 7 nitrogen and oxygen atoms in total. The van der Waals surface area contributed by atoms with Crippen LogP contribution < -0.4 is 10.6 Å². The lowest BCUT2D eigenvalue weighted by Crippen LogP contribution is -2.51. The summed E-state index contributed by atoms with van der Waals surface area (Å²) in [6.07, 6.45) is 2.03. The molecule has 3 N–H and O–H groups in total. The van der Waals surface area contributed by atoms with Gasteiger partial charge in [-0.3, -0.25) is 9.69 Å². The lowest BCUT2D eigenvalue weighted by molar-refractivity contribution is -0.129. The van der Waals surface area contributed by atoms with Gasteiger partial charge in [-0.05, 0) is 19.3 Å². The molecule has 1 fully saturated rings. The normalized spacial score (nSPS) is 19.9. The summed E-state index contributed by atoms with van der Waals surface area (Å²) >= 11 is 0. The largest absolute Gasteiger partial charge is 0.465 e. The highest BCUT2D eigenvalue weighted by molar-refractivity contribution is 5.98. The highest BCUT2D eigenvalue weighted by Gasteiger charge is 2.31. The fourth-order valence-electron chi connectivity index (χ4n) is 1.78. The molecule has 7 heteroatoms. The molecule has 0 aromatic carbocycles. The summed E-state index contributed by atoms with van der Waals surface area (Å²) in [6, 6.07) is -1.36. The van der Waals surface area contributed by atoms with Crippen LogP contribution in [0.1, 0.15) is 19.3 Å². The molecule has 1 aliphatic heterocycles. The highest BCUT2D eigenvalue weighted by Crippen LogP contribution is 2.12. The summed E-state index contributed by atoms with van der Waals surface area (Å²) in [5.74, 6) is -0.503. The van der Waals surface area contributed by atoms with Gasteiger partial charge in [0, 0.05) is 13.1 Å². The highest BCUT2D eigenvalue weighted by atomic mass is 16.4. The van der Waals surface area contributed by atoms with Crippen LogP contribution in [-0.4, -0.2) is 47.2 Å². The minimum Gasteiger partial charge on any atom is -0.465 e. The molecule has 1 rings (SSSR count). The molecule has 0 bridgehead atoms. The van der Waals surface area contributed by atoms with E-state index in [2.05, 4.69) is 17.2 Å². The van der Waals surface area contributed by atoms with E-state index in [1.807, 2.05) is 0 Å². The molecule has 18 heavy (non-hydrogen) atoms. The summed E-state index contributed by atoms with van der Waals surface area (Å²) < 4.78 is 0. The molecule has 1 saturated heterocycles. The van der Waals surface area contributed by atoms with E-state index < -0.39 is 24.1 Å². The smallest absolute Gasteiger partial charge is 0.405 e. The van der Waals surface area contributed by atoms with Gasteiger partial charge in [-0.15, -0.1) is 6.58 Å². The van der Waals surface area contributed by atoms with E-state index in [-0.39, 0.29) is 6.54 Å². The number of imide groups is 1. The monoisotopic (exact) mass is 255 g/mol. The van der Waals surface area contributed by atoms with Crippen molar-refractivity contribution in [2.24, 2.45) is 0 Å². The number of nitrogens with zero attached hydrogens (tertiary/aromatic N) is 1. The third-order valence-electron chi connectivity index (χ3n) is 2.63. The first-order chi connectivity index (χ1) is 8.56. The number of likely N-dealkylation sites (tertiary alicyclic amines) is 1. The molecular weight excluding hydrogens is 238 g/mol. The minimum absolute atomic E-state index is 0.264. The molecule has 0 aromatic heterocycles. The average Bonchev–Trinajstić information content (AvgIpc) is 2.49. The molecule has 0 spiro atoms. The molecule has 1 aliphatic rings. The number of nitrogens with one attached hydrogen (secondary N) is 2. The summed E-state index contributed by atoms with van der Waals surface area (Å²) in [5, 5.41) is 13.3. The van der Waals surface area contributed by atoms with E-state index in [0.717, 1.165) is 4.90 Å². The lowest BCUT2D eigenvalue weighted by atomic mass is 10.1. The summed E-state index contributed by atoms with van der Waals surface area (Å²) in [4.78, 5) is 35.4. The molecule has 100 valence electrons. The van der Waals surface area contributed by atoms with Crippen molar-refractivity contribution in [3.8, 4) is 0 Å². The van der Waals surface area contributed by atoms with Crippen LogP contribution >= 0.6 is 0 Å². The zero-order chi connectivity index (χ0) is 13.5. The maximum absolute atomic E-state index is 12.0. The van der Waals surface area contributed by atoms with Crippen LogP contribution in [-0.2, 0) is 4.79 Å². The Hall–Kier alpha value is -2.05. The Morgan fingerprint density at radius 1 is 1.50 bits per heavy atom. The Kier molecular flexibility index (Phi) is 5.16. The van der Waals surface area contributed by atoms with Gasteiger partial charge in [-0.2, -0.15) is 0 Å². The first-order valence-corrected chi connectivity index (χ1v) is 5.76. The molecule has 1 atom stereocenters. The van der Waals surface area contributed by atoms with E-state index in [9.17, 15) is 14.4 Å². The van der Waals surface area contributed by atoms with E-state index >= 15 is 0 Å². The second-order valence-electron chi connectivity index (χ2n) is 3.96. The van der Waals surface area contributed by atoms with Crippen LogP contribution in [0, 0.1) is 0 Å². The van der Waals surface area contributed by atoms with Gasteiger partial charge in [0.1, 0.15) is 6.04 Å². The maximum atomic E-state index is 12.0. The first-order valence-electron chi connectivity index (χ1n) is 5.76. The van der Waals surface area contributed by atoms with E-state index in [0.29, 0.717) is 25.8 Å². The molecule has 0 aromatic rings. The SMILES string of the molecule is C=CCNC(=O)N1CCCC[C@H](NC(=O)O)C1=O. The third-order valence-corrected chi connectivity index (χ3v) is 2.63. The van der Waals surface area contributed by atoms with Gasteiger partial charge in [0.05, 0.1) is 0 Å². The number of hydrogen-bond acceptors (Lipinski definition) is 3. The molecule has 0 saturated carbocycles. The predicted molar refractivity (Wildman–Crippen MR) is 64.1 cm³/mol. The summed E-state index contributed by atoms with van der Waals surface area (Å²) in [7, 11) is 0. The van der Waals surface area contributed by atoms with Crippen LogP contribution in [0.15, 0.2) is 12.7 Å². The van der Waals surface area contributed by atoms with Crippen LogP contribution in [0.4, 0.5) is 9.59 Å². The Morgan fingerprint density at radius 2 is 2.22 bits per heavy atom. The van der Waals surface area contributed by atoms with Gasteiger partial charge in [-0.1, -0.05) is 6.08 Å². The molecule has 0 aliphatic carbocycles. The van der Waals surface area contributed by atoms with Crippen LogP contribution in [0.3, 0.4) is 0 Å². The van der Waals surface area contributed by atoms with E-state index in [4.69, 9.17) is 5.11 Å². The van der Waals surface area contributed by atoms with Crippen molar-refractivity contribution in [1.29, 1.82) is 0 Å². The number of carbonyl (C=O) groups is 3. The fraction of sp³-hybridized carbons (Fsp3) is 0.545. The number of rotatable bonds is 3. The predicted octanol–water partition coefficient (Wildman–Crippen LogP) is 0.531. The van der Waals surface area contributed by atoms with Crippen molar-refractivity contribution in [2.45, 2.75) is 25.3 Å². The molecule has 0 radical (unpaired) electrons. The summed E-state index contributed by atoms with van der Waals surface area (Å²) in [6.45, 7) is 4.03. The van der Waals surface area contributed by atoms with Crippen LogP contribution in [0.5, 0.6) is 0 Å². The summed E-state index contributed by atoms with van der Waals surface area (Å²) in [5.41, 5.74) is 0. The number of hydrogen-bond donors (Lipinski definition) is 3. The third kappa shape index (κ3) is 3.76. The minimum atomic E-state index is -1.26. The standard InChI is InChI=1S/C11H17N3O4/c1-2-6-12-10(16)14-7-4-3-5-8(9(14)15)13-11(17)18/h2,8,13H,1,3-7H2,(H,12,16)(H,17,18)/t8-/m0/s1. The van der Waals surface area contributed by atoms with Gasteiger partial charge in [0.2, 0.25) is 0 Å². The number of carbonyl (C=O) groups excluding carboxylic acids is 2. The van der Waals surface area contributed by atoms with Crippen molar-refractivity contribution in [1.82, 2.24) is 15.5 Å². The Labute approximate surface area is 105 Å². The van der Waals surface area contributed by atoms with Crippen molar-refractivity contribution in [3.05, 3.63) is 12.7 Å². The van der Waals surface area contributed by atoms with Crippen LogP contribution in [0.25, 0.3) is 0 Å². The quantitative estimate of drug-likeness (QED) is 0.640. The molecule has 1 heterocycles. The fourth-order valence-corrected chi connectivity index (χ4v) is 1.78. The Bertz CT molecular complexity index is 356. The zero-order valence-corrected chi connectivity index (χ0v) is 10.0. The van der Waals surface area contributed by atoms with Crippen molar-refractivity contribution in [2.75, 3.05) is 13.1 Å². The second-order valence-corrected chi connectivity index (χ2v) is 3.96. The van der Waals surface area contributed by atoms with Crippen molar-refractivity contribution < 1.29 is 19.5 Å². The van der Waals surface area contributed by atoms with Crippen molar-refractivity contribution >= 4 is 18.0 Å². The van der Waals surface area contributed by atoms with Crippen LogP contribution in [0.2, 0.25) is 0 Å². The van der Waals surface area contributed by atoms with E-state index in [1.54, 1.807) is 0 Å². The molecular formula is C11H17N3O4. The molecule has 4 amide bonds. The van der Waals surface area contributed by atoms with E-state index in [1.165, 1.54) is 6.08 Å². The first kappa shape index (κ1) is 14.0. The number of urea groups is 1. The van der Waals surface area contributed by atoms with Gasteiger partial charge in [-0.25, -0.2) is 9.59 Å². The topological polar surface area (TPSA) is 98.7 Å². The van der Waals surface area contributed by atoms with Gasteiger partial charge < -0.3 is 15.7 Å². The molecule has 0 unspecified atom stereocenters.